The number of hydrogen-bond donors (Lipinski definition) is 2. The van der Waals surface area contributed by atoms with E-state index >= 15 is 0 Å². The first kappa shape index (κ1) is 4.24. The first-order valence-corrected chi connectivity index (χ1v) is 2.13. The molecule has 38 valence electrons. The summed E-state index contributed by atoms with van der Waals surface area (Å²) >= 11 is 0. The number of nitrogens with one attached hydrogen (secondary N) is 1. The molecule has 0 bridgehead atoms. The maximum absolute atomic E-state index is 8.73. The van der Waals surface area contributed by atoms with Crippen molar-refractivity contribution in [2.24, 2.45) is 0 Å². The van der Waals surface area contributed by atoms with Gasteiger partial charge in [-0.05, 0) is 6.92 Å². The molecular weight excluding hydrogens is 90.1 g/mol. The normalized spacial score (nSPS) is 9.29. The van der Waals surface area contributed by atoms with Crippen LogP contribution in [0.4, 0.5) is 0 Å². The maximum atomic E-state index is 8.73. The fourth-order valence-electron chi connectivity index (χ4n) is 0.433. The van der Waals surface area contributed by atoms with Gasteiger partial charge in [0.1, 0.15) is 5.75 Å². The lowest BCUT2D eigenvalue weighted by molar-refractivity contribution is 0.472. The molecule has 0 saturated carbocycles. The summed E-state index contributed by atoms with van der Waals surface area (Å²) in [4.78, 5) is 2.75. The minimum Gasteiger partial charge on any atom is -0.506 e. The Morgan fingerprint density at radius 1 is 1.57 bits per heavy atom. The van der Waals surface area contributed by atoms with Crippen LogP contribution in [0.5, 0.6) is 5.75 Å². The molecule has 0 radical (unpaired) electrons. The van der Waals surface area contributed by atoms with Crippen molar-refractivity contribution in [3.63, 3.8) is 0 Å². The Morgan fingerprint density at radius 2 is 2.29 bits per heavy atom. The van der Waals surface area contributed by atoms with Gasteiger partial charge in [0.2, 0.25) is 0 Å². The van der Waals surface area contributed by atoms with Crippen molar-refractivity contribution in [3.05, 3.63) is 18.0 Å². The highest BCUT2D eigenvalue weighted by atomic mass is 16.3. The van der Waals surface area contributed by atoms with E-state index in [1.165, 1.54) is 0 Å². The molecule has 1 heterocycles. The quantitative estimate of drug-likeness (QED) is 0.498. The van der Waals surface area contributed by atoms with Gasteiger partial charge in [-0.1, -0.05) is 0 Å². The predicted octanol–water partition coefficient (Wildman–Crippen LogP) is 1.03. The third kappa shape index (κ3) is 0.585. The molecule has 0 aromatic carbocycles. The van der Waals surface area contributed by atoms with Crippen LogP contribution < -0.4 is 0 Å². The third-order valence-electron chi connectivity index (χ3n) is 0.924. The molecule has 0 atom stereocenters. The van der Waals surface area contributed by atoms with Crippen molar-refractivity contribution < 1.29 is 5.11 Å². The summed E-state index contributed by atoms with van der Waals surface area (Å²) < 4.78 is 0. The summed E-state index contributed by atoms with van der Waals surface area (Å²) in [6.45, 7) is 1.84. The van der Waals surface area contributed by atoms with Crippen LogP contribution in [0.3, 0.4) is 0 Å². The predicted molar refractivity (Wildman–Crippen MR) is 27.2 cm³/mol. The van der Waals surface area contributed by atoms with E-state index in [9.17, 15) is 0 Å². The van der Waals surface area contributed by atoms with Crippen LogP contribution in [0, 0.1) is 6.92 Å². The second-order valence-corrected chi connectivity index (χ2v) is 1.52. The number of rotatable bonds is 0. The number of hydrogen-bond acceptors (Lipinski definition) is 1. The molecule has 0 unspecified atom stereocenters. The van der Waals surface area contributed by atoms with E-state index in [0.29, 0.717) is 5.75 Å². The fourth-order valence-corrected chi connectivity index (χ4v) is 0.433. The Labute approximate surface area is 41.8 Å². The molecule has 0 aliphatic carbocycles. The average molecular weight is 97.1 g/mol. The first-order chi connectivity index (χ1) is 3.30. The van der Waals surface area contributed by atoms with Gasteiger partial charge in [0.15, 0.2) is 0 Å². The smallest absolute Gasteiger partial charge is 0.135 e. The summed E-state index contributed by atoms with van der Waals surface area (Å²) in [6, 6.07) is 0. The van der Waals surface area contributed by atoms with E-state index < -0.39 is 0 Å². The number of aromatic hydroxyl groups is 1. The topological polar surface area (TPSA) is 36.0 Å². The molecule has 0 amide bonds. The largest absolute Gasteiger partial charge is 0.506 e. The molecule has 2 nitrogen and oxygen atoms in total. The van der Waals surface area contributed by atoms with Crippen LogP contribution in [0.2, 0.25) is 0 Å². The Kier molecular flexibility index (Phi) is 0.785. The highest BCUT2D eigenvalue weighted by molar-refractivity contribution is 5.25. The molecule has 0 saturated heterocycles. The van der Waals surface area contributed by atoms with Crippen molar-refractivity contribution in [2.45, 2.75) is 6.92 Å². The molecule has 1 aromatic heterocycles. The summed E-state index contributed by atoms with van der Waals surface area (Å²) in [5, 5.41) is 8.73. The van der Waals surface area contributed by atoms with E-state index in [2.05, 4.69) is 4.98 Å². The minimum atomic E-state index is 0.333. The Bertz CT molecular complexity index is 140. The van der Waals surface area contributed by atoms with Gasteiger partial charge in [0, 0.05) is 18.0 Å². The van der Waals surface area contributed by atoms with Crippen molar-refractivity contribution in [3.8, 4) is 5.75 Å². The molecule has 0 fully saturated rings. The Balaban J connectivity index is 3.12. The van der Waals surface area contributed by atoms with Crippen LogP contribution in [-0.4, -0.2) is 10.1 Å². The van der Waals surface area contributed by atoms with Crippen molar-refractivity contribution in [1.82, 2.24) is 4.98 Å². The zero-order valence-electron chi connectivity index (χ0n) is 4.10. The van der Waals surface area contributed by atoms with E-state index in [4.69, 9.17) is 5.11 Å². The zero-order chi connectivity index (χ0) is 5.28. The highest BCUT2D eigenvalue weighted by Gasteiger charge is 1.89. The van der Waals surface area contributed by atoms with Crippen LogP contribution >= 0.6 is 0 Å². The van der Waals surface area contributed by atoms with Gasteiger partial charge in [0.05, 0.1) is 0 Å². The molecule has 2 heteroatoms. The molecule has 7 heavy (non-hydrogen) atoms. The lowest BCUT2D eigenvalue weighted by Crippen LogP contribution is -1.57. The van der Waals surface area contributed by atoms with Gasteiger partial charge in [0.25, 0.3) is 0 Å². The van der Waals surface area contributed by atoms with Gasteiger partial charge < -0.3 is 10.1 Å². The molecule has 0 aliphatic rings. The van der Waals surface area contributed by atoms with E-state index in [1.807, 2.05) is 6.92 Å². The number of aromatic amines is 1. The summed E-state index contributed by atoms with van der Waals surface area (Å²) in [5.74, 6) is 0.333. The number of H-pyrrole nitrogens is 1. The van der Waals surface area contributed by atoms with Crippen LogP contribution in [0.15, 0.2) is 12.4 Å². The van der Waals surface area contributed by atoms with E-state index in [0.717, 1.165) is 5.56 Å². The first-order valence-electron chi connectivity index (χ1n) is 2.13. The monoisotopic (exact) mass is 97.1 g/mol. The summed E-state index contributed by atoms with van der Waals surface area (Å²) in [5.41, 5.74) is 0.889. The summed E-state index contributed by atoms with van der Waals surface area (Å²) in [7, 11) is 0. The molecule has 2 N–H and O–H groups in total. The Morgan fingerprint density at radius 3 is 2.43 bits per heavy atom. The molecule has 0 spiro atoms. The van der Waals surface area contributed by atoms with Gasteiger partial charge in [-0.3, -0.25) is 0 Å². The molecule has 0 aliphatic heterocycles. The van der Waals surface area contributed by atoms with Crippen molar-refractivity contribution >= 4 is 0 Å². The van der Waals surface area contributed by atoms with Gasteiger partial charge in [-0.2, -0.15) is 0 Å². The van der Waals surface area contributed by atoms with Gasteiger partial charge in [-0.15, -0.1) is 0 Å². The summed E-state index contributed by atoms with van der Waals surface area (Å²) in [6.07, 6.45) is 3.30. The van der Waals surface area contributed by atoms with Crippen LogP contribution in [0.25, 0.3) is 0 Å². The average Bonchev–Trinajstić information content (AvgIpc) is 1.91. The van der Waals surface area contributed by atoms with Gasteiger partial charge in [-0.25, -0.2) is 0 Å². The lowest BCUT2D eigenvalue weighted by atomic mass is 10.4. The van der Waals surface area contributed by atoms with E-state index in [-0.39, 0.29) is 0 Å². The van der Waals surface area contributed by atoms with Crippen molar-refractivity contribution in [2.75, 3.05) is 0 Å². The minimum absolute atomic E-state index is 0.333. The highest BCUT2D eigenvalue weighted by Crippen LogP contribution is 2.11. The third-order valence-corrected chi connectivity index (χ3v) is 0.924. The SMILES string of the molecule is Cc1c[nH]cc1O. The Hall–Kier alpha value is -0.920. The second-order valence-electron chi connectivity index (χ2n) is 1.52. The molecule has 1 aromatic rings. The molecular formula is C5H7NO. The number of aromatic nitrogens is 1. The van der Waals surface area contributed by atoms with Crippen LogP contribution in [-0.2, 0) is 0 Å². The molecule has 1 rings (SSSR count). The lowest BCUT2D eigenvalue weighted by Gasteiger charge is -1.79. The van der Waals surface area contributed by atoms with Gasteiger partial charge >= 0.3 is 0 Å². The standard InChI is InChI=1S/C5H7NO/c1-4-2-6-3-5(4)7/h2-3,6-7H,1H3. The second kappa shape index (κ2) is 1.30. The fraction of sp³-hybridized carbons (Fsp3) is 0.200. The maximum Gasteiger partial charge on any atom is 0.135 e. The zero-order valence-corrected chi connectivity index (χ0v) is 4.10. The van der Waals surface area contributed by atoms with E-state index in [1.54, 1.807) is 12.4 Å². The van der Waals surface area contributed by atoms with Crippen molar-refractivity contribution in [1.29, 1.82) is 0 Å². The number of aryl methyl sites for hydroxylation is 1. The van der Waals surface area contributed by atoms with Crippen LogP contribution in [0.1, 0.15) is 5.56 Å².